The predicted octanol–water partition coefficient (Wildman–Crippen LogP) is 18.1. The first-order valence-corrected chi connectivity index (χ1v) is 27.5. The van der Waals surface area contributed by atoms with E-state index in [1.54, 1.807) is 0 Å². The van der Waals surface area contributed by atoms with Gasteiger partial charge < -0.3 is 14.2 Å². The molecule has 0 saturated heterocycles. The van der Waals surface area contributed by atoms with Crippen molar-refractivity contribution in [1.29, 1.82) is 0 Å². The summed E-state index contributed by atoms with van der Waals surface area (Å²) in [6.45, 7) is 6.58. The van der Waals surface area contributed by atoms with Crippen molar-refractivity contribution in [2.75, 3.05) is 13.2 Å². The number of ether oxygens (including phenoxy) is 3. The molecule has 0 aromatic rings. The molecule has 6 nitrogen and oxygen atoms in total. The molecule has 0 spiro atoms. The molecule has 0 bridgehead atoms. The first-order valence-electron chi connectivity index (χ1n) is 27.5. The number of hydrogen-bond donors (Lipinski definition) is 0. The quantitative estimate of drug-likeness (QED) is 0.0262. The average molecular weight is 885 g/mol. The highest BCUT2D eigenvalue weighted by atomic mass is 16.6. The van der Waals surface area contributed by atoms with E-state index in [2.05, 4.69) is 57.2 Å². The van der Waals surface area contributed by atoms with Crippen LogP contribution in [0.3, 0.4) is 0 Å². The highest BCUT2D eigenvalue weighted by molar-refractivity contribution is 5.71. The second kappa shape index (κ2) is 52.3. The minimum atomic E-state index is -0.783. The molecule has 1 atom stereocenters. The molecule has 0 aromatic heterocycles. The Morgan fingerprint density at radius 2 is 0.587 bits per heavy atom. The van der Waals surface area contributed by atoms with Gasteiger partial charge in [-0.05, 0) is 70.6 Å². The molecular weight excluding hydrogens is 781 g/mol. The maximum atomic E-state index is 12.8. The first kappa shape index (κ1) is 60.6. The molecule has 0 aromatic carbocycles. The third-order valence-corrected chi connectivity index (χ3v) is 12.1. The third kappa shape index (κ3) is 50.5. The van der Waals surface area contributed by atoms with Gasteiger partial charge in [-0.1, -0.05) is 237 Å². The topological polar surface area (TPSA) is 78.9 Å². The maximum absolute atomic E-state index is 12.8. The van der Waals surface area contributed by atoms with Crippen molar-refractivity contribution in [3.05, 3.63) is 36.5 Å². The molecule has 6 heteroatoms. The Morgan fingerprint density at radius 3 is 1.00 bits per heavy atom. The fourth-order valence-corrected chi connectivity index (χ4v) is 7.95. The standard InChI is InChI=1S/C57H104O6/c1-4-7-10-13-16-19-21-23-25-27-28-30-31-33-35-38-41-44-47-50-56(59)62-53-54(52-61-55(58)49-46-43-40-37-18-15-12-9-6-3)63-57(60)51-48-45-42-39-36-34-32-29-26-24-22-20-17-14-11-8-5-2/h17,20,24,26,37,40,54H,4-16,18-19,21-23,25,27-36,38-39,41-53H2,1-3H3/b20-17-,26-24-,40-37-. The molecule has 0 fully saturated rings. The van der Waals surface area contributed by atoms with Crippen LogP contribution in [0.2, 0.25) is 0 Å². The molecule has 0 aliphatic heterocycles. The van der Waals surface area contributed by atoms with Gasteiger partial charge in [0.25, 0.3) is 0 Å². The summed E-state index contributed by atoms with van der Waals surface area (Å²) in [6, 6.07) is 0. The predicted molar refractivity (Wildman–Crippen MR) is 270 cm³/mol. The molecule has 0 rings (SSSR count). The number of esters is 3. The van der Waals surface area contributed by atoms with Crippen molar-refractivity contribution in [2.45, 2.75) is 297 Å². The summed E-state index contributed by atoms with van der Waals surface area (Å²) in [5, 5.41) is 0. The molecule has 0 saturated carbocycles. The van der Waals surface area contributed by atoms with Crippen molar-refractivity contribution < 1.29 is 28.6 Å². The van der Waals surface area contributed by atoms with Crippen LogP contribution >= 0.6 is 0 Å². The van der Waals surface area contributed by atoms with Crippen LogP contribution in [0.4, 0.5) is 0 Å². The zero-order chi connectivity index (χ0) is 45.8. The summed E-state index contributed by atoms with van der Waals surface area (Å²) in [4.78, 5) is 37.9. The number of carbonyl (C=O) groups is 3. The average Bonchev–Trinajstić information content (AvgIpc) is 3.28. The SMILES string of the molecule is CCCCC/C=C\C/C=C\CCCCCCCCCC(=O)OC(COC(=O)CCC/C=C\CCCCCC)COC(=O)CCCCCCCCCCCCCCCCCCCCC. The summed E-state index contributed by atoms with van der Waals surface area (Å²) in [5.41, 5.74) is 0. The van der Waals surface area contributed by atoms with Crippen LogP contribution < -0.4 is 0 Å². The monoisotopic (exact) mass is 885 g/mol. The van der Waals surface area contributed by atoms with E-state index in [0.717, 1.165) is 70.6 Å². The van der Waals surface area contributed by atoms with Crippen molar-refractivity contribution in [3.8, 4) is 0 Å². The minimum absolute atomic E-state index is 0.0807. The lowest BCUT2D eigenvalue weighted by Gasteiger charge is -2.18. The number of hydrogen-bond acceptors (Lipinski definition) is 6. The van der Waals surface area contributed by atoms with Crippen LogP contribution in [-0.2, 0) is 28.6 Å². The van der Waals surface area contributed by atoms with Gasteiger partial charge in [0, 0.05) is 19.3 Å². The molecule has 63 heavy (non-hydrogen) atoms. The van der Waals surface area contributed by atoms with E-state index in [1.807, 2.05) is 0 Å². The molecule has 1 unspecified atom stereocenters. The summed E-state index contributed by atoms with van der Waals surface area (Å²) in [6.07, 6.45) is 61.5. The maximum Gasteiger partial charge on any atom is 0.306 e. The molecular formula is C57H104O6. The molecule has 368 valence electrons. The molecule has 0 aliphatic carbocycles. The van der Waals surface area contributed by atoms with E-state index in [0.29, 0.717) is 19.3 Å². The highest BCUT2D eigenvalue weighted by Gasteiger charge is 2.19. The van der Waals surface area contributed by atoms with E-state index in [-0.39, 0.29) is 31.1 Å². The van der Waals surface area contributed by atoms with Gasteiger partial charge >= 0.3 is 17.9 Å². The van der Waals surface area contributed by atoms with Gasteiger partial charge in [0.15, 0.2) is 6.10 Å². The Balaban J connectivity index is 4.27. The van der Waals surface area contributed by atoms with Crippen molar-refractivity contribution in [3.63, 3.8) is 0 Å². The minimum Gasteiger partial charge on any atom is -0.462 e. The van der Waals surface area contributed by atoms with E-state index < -0.39 is 6.10 Å². The molecule has 0 heterocycles. The Labute approximate surface area is 391 Å². The zero-order valence-electron chi connectivity index (χ0n) is 42.1. The van der Waals surface area contributed by atoms with Gasteiger partial charge in [-0.25, -0.2) is 0 Å². The highest BCUT2D eigenvalue weighted by Crippen LogP contribution is 2.16. The summed E-state index contributed by atoms with van der Waals surface area (Å²) in [5.74, 6) is -0.913. The smallest absolute Gasteiger partial charge is 0.306 e. The van der Waals surface area contributed by atoms with E-state index in [9.17, 15) is 14.4 Å². The van der Waals surface area contributed by atoms with Gasteiger partial charge in [-0.3, -0.25) is 14.4 Å². The fraction of sp³-hybridized carbons (Fsp3) is 0.842. The van der Waals surface area contributed by atoms with Gasteiger partial charge in [-0.15, -0.1) is 0 Å². The molecule has 0 aliphatic rings. The van der Waals surface area contributed by atoms with Crippen molar-refractivity contribution >= 4 is 17.9 Å². The van der Waals surface area contributed by atoms with E-state index in [1.165, 1.54) is 180 Å². The van der Waals surface area contributed by atoms with Crippen LogP contribution in [0.15, 0.2) is 36.5 Å². The van der Waals surface area contributed by atoms with Crippen LogP contribution in [0.5, 0.6) is 0 Å². The Morgan fingerprint density at radius 1 is 0.317 bits per heavy atom. The number of unbranched alkanes of at least 4 members (excludes halogenated alkanes) is 33. The summed E-state index contributed by atoms with van der Waals surface area (Å²) in [7, 11) is 0. The summed E-state index contributed by atoms with van der Waals surface area (Å²) >= 11 is 0. The number of rotatable bonds is 50. The van der Waals surface area contributed by atoms with Gasteiger partial charge in [0.1, 0.15) is 13.2 Å². The van der Waals surface area contributed by atoms with Crippen LogP contribution in [0.25, 0.3) is 0 Å². The Bertz CT molecular complexity index is 1060. The zero-order valence-corrected chi connectivity index (χ0v) is 42.1. The van der Waals surface area contributed by atoms with E-state index in [4.69, 9.17) is 14.2 Å². The number of allylic oxidation sites excluding steroid dienone is 6. The Hall–Kier alpha value is -2.37. The normalized spacial score (nSPS) is 12.2. The van der Waals surface area contributed by atoms with Gasteiger partial charge in [0.05, 0.1) is 0 Å². The third-order valence-electron chi connectivity index (χ3n) is 12.1. The second-order valence-electron chi connectivity index (χ2n) is 18.5. The molecule has 0 amide bonds. The second-order valence-corrected chi connectivity index (χ2v) is 18.5. The lowest BCUT2D eigenvalue weighted by atomic mass is 10.0. The Kier molecular flexibility index (Phi) is 50.3. The lowest BCUT2D eigenvalue weighted by Crippen LogP contribution is -2.30. The number of carbonyl (C=O) groups excluding carboxylic acids is 3. The van der Waals surface area contributed by atoms with E-state index >= 15 is 0 Å². The van der Waals surface area contributed by atoms with Crippen LogP contribution in [-0.4, -0.2) is 37.2 Å². The van der Waals surface area contributed by atoms with Crippen LogP contribution in [0, 0.1) is 0 Å². The van der Waals surface area contributed by atoms with Gasteiger partial charge in [-0.2, -0.15) is 0 Å². The van der Waals surface area contributed by atoms with Gasteiger partial charge in [0.2, 0.25) is 0 Å². The molecule has 0 N–H and O–H groups in total. The van der Waals surface area contributed by atoms with Crippen LogP contribution in [0.1, 0.15) is 290 Å². The first-order chi connectivity index (χ1) is 31.0. The summed E-state index contributed by atoms with van der Waals surface area (Å²) < 4.78 is 16.8. The largest absolute Gasteiger partial charge is 0.462 e. The van der Waals surface area contributed by atoms with Crippen molar-refractivity contribution in [2.24, 2.45) is 0 Å². The van der Waals surface area contributed by atoms with Crippen molar-refractivity contribution in [1.82, 2.24) is 0 Å². The molecule has 0 radical (unpaired) electrons. The fourth-order valence-electron chi connectivity index (χ4n) is 7.95. The lowest BCUT2D eigenvalue weighted by molar-refractivity contribution is -0.167.